The van der Waals surface area contributed by atoms with Crippen molar-refractivity contribution < 1.29 is 24.4 Å². The highest BCUT2D eigenvalue weighted by molar-refractivity contribution is 5.72. The van der Waals surface area contributed by atoms with Crippen LogP contribution in [0.5, 0.6) is 11.5 Å². The van der Waals surface area contributed by atoms with Crippen molar-refractivity contribution in [3.63, 3.8) is 0 Å². The van der Waals surface area contributed by atoms with Crippen molar-refractivity contribution in [1.82, 2.24) is 15.0 Å². The predicted octanol–water partition coefficient (Wildman–Crippen LogP) is 13.8. The number of rotatable bonds is 32. The van der Waals surface area contributed by atoms with Crippen LogP contribution in [0.2, 0.25) is 0 Å². The summed E-state index contributed by atoms with van der Waals surface area (Å²) in [5.41, 5.74) is 6.73. The van der Waals surface area contributed by atoms with E-state index in [4.69, 9.17) is 29.2 Å². The van der Waals surface area contributed by atoms with Crippen LogP contribution in [0.4, 0.5) is 0 Å². The molecule has 0 aliphatic heterocycles. The Morgan fingerprint density at radius 3 is 1.49 bits per heavy atom. The molecule has 4 aromatic rings. The molecule has 0 saturated heterocycles. The van der Waals surface area contributed by atoms with Crippen LogP contribution in [-0.4, -0.2) is 63.8 Å². The van der Waals surface area contributed by atoms with E-state index in [1.807, 2.05) is 12.1 Å². The fourth-order valence-electron chi connectivity index (χ4n) is 7.99. The molecule has 1 aromatic heterocycles. The number of unbranched alkanes of at least 4 members (excludes halogenated alkanes) is 16. The van der Waals surface area contributed by atoms with Gasteiger partial charge < -0.3 is 24.4 Å². The Hall–Kier alpha value is -3.85. The quantitative estimate of drug-likeness (QED) is 0.0468. The van der Waals surface area contributed by atoms with Gasteiger partial charge in [0.05, 0.1) is 18.3 Å². The van der Waals surface area contributed by atoms with E-state index in [9.17, 15) is 10.2 Å². The molecule has 2 unspecified atom stereocenters. The standard InChI is InChI=1S/C53H79N3O5/c1-7-9-11-13-15-17-18-20-22-24-33-60-45(25-23-21-19-16-14-12-10-8-2)32-34-59-38-44(57)39-61-46-28-31-49(50(58)37-46)53-55-51(47-29-26-40(3)35-42(47)5)54-52(56-53)48-30-27-41(4)36-43(48)6/h26-31,35-37,44-45,57-58H,7-25,32-34,38-39H2,1-6H3. The van der Waals surface area contributed by atoms with Crippen molar-refractivity contribution >= 4 is 0 Å². The summed E-state index contributed by atoms with van der Waals surface area (Å²) in [6.07, 6.45) is 24.9. The largest absolute Gasteiger partial charge is 0.507 e. The number of hydrogen-bond acceptors (Lipinski definition) is 8. The van der Waals surface area contributed by atoms with Gasteiger partial charge in [0.15, 0.2) is 17.5 Å². The molecular formula is C53H79N3O5. The van der Waals surface area contributed by atoms with Crippen molar-refractivity contribution in [2.24, 2.45) is 0 Å². The van der Waals surface area contributed by atoms with Crippen LogP contribution < -0.4 is 4.74 Å². The number of aromatic nitrogens is 3. The number of aryl methyl sites for hydroxylation is 4. The molecular weight excluding hydrogens is 759 g/mol. The summed E-state index contributed by atoms with van der Waals surface area (Å²) in [6, 6.07) is 17.5. The van der Waals surface area contributed by atoms with Crippen LogP contribution >= 0.6 is 0 Å². The monoisotopic (exact) mass is 838 g/mol. The fraction of sp³-hybridized carbons (Fsp3) is 0.604. The van der Waals surface area contributed by atoms with Gasteiger partial charge in [0.25, 0.3) is 0 Å². The van der Waals surface area contributed by atoms with Crippen LogP contribution in [0.3, 0.4) is 0 Å². The molecule has 4 rings (SSSR count). The Morgan fingerprint density at radius 2 is 0.984 bits per heavy atom. The minimum atomic E-state index is -0.815. The molecule has 8 nitrogen and oxygen atoms in total. The van der Waals surface area contributed by atoms with Crippen LogP contribution in [0.1, 0.15) is 165 Å². The molecule has 336 valence electrons. The van der Waals surface area contributed by atoms with Gasteiger partial charge in [-0.05, 0) is 70.2 Å². The van der Waals surface area contributed by atoms with Crippen molar-refractivity contribution in [3.8, 4) is 45.7 Å². The highest BCUT2D eigenvalue weighted by Gasteiger charge is 2.18. The number of benzene rings is 3. The van der Waals surface area contributed by atoms with E-state index in [0.717, 1.165) is 59.3 Å². The lowest BCUT2D eigenvalue weighted by molar-refractivity contribution is -0.0155. The van der Waals surface area contributed by atoms with Crippen molar-refractivity contribution in [1.29, 1.82) is 0 Å². The second-order valence-electron chi connectivity index (χ2n) is 17.4. The Bertz CT molecular complexity index is 1760. The summed E-state index contributed by atoms with van der Waals surface area (Å²) < 4.78 is 18.3. The van der Waals surface area contributed by atoms with E-state index in [-0.39, 0.29) is 25.1 Å². The molecule has 1 heterocycles. The normalized spacial score (nSPS) is 12.5. The topological polar surface area (TPSA) is 107 Å². The number of aliphatic hydroxyl groups is 1. The molecule has 0 saturated carbocycles. The molecule has 0 aliphatic carbocycles. The number of aliphatic hydroxyl groups excluding tert-OH is 1. The number of hydrogen-bond donors (Lipinski definition) is 2. The SMILES string of the molecule is CCCCCCCCCCCCOC(CCCCCCCCCC)CCOCC(O)COc1ccc(-c2nc(-c3ccc(C)cc3C)nc(-c3ccc(C)cc3C)n2)c(O)c1. The van der Waals surface area contributed by atoms with Gasteiger partial charge in [0, 0.05) is 30.4 Å². The summed E-state index contributed by atoms with van der Waals surface area (Å²) in [6.45, 7) is 14.3. The maximum Gasteiger partial charge on any atom is 0.167 e. The van der Waals surface area contributed by atoms with Crippen LogP contribution in [0, 0.1) is 27.7 Å². The first-order valence-corrected chi connectivity index (χ1v) is 23.9. The molecule has 2 atom stereocenters. The van der Waals surface area contributed by atoms with E-state index < -0.39 is 6.10 Å². The second-order valence-corrected chi connectivity index (χ2v) is 17.4. The zero-order chi connectivity index (χ0) is 43.7. The van der Waals surface area contributed by atoms with E-state index in [2.05, 4.69) is 65.8 Å². The maximum atomic E-state index is 11.3. The molecule has 3 aromatic carbocycles. The lowest BCUT2D eigenvalue weighted by Crippen LogP contribution is -2.25. The van der Waals surface area contributed by atoms with Gasteiger partial charge in [-0.3, -0.25) is 0 Å². The minimum absolute atomic E-state index is 0.0204. The third kappa shape index (κ3) is 18.6. The van der Waals surface area contributed by atoms with Gasteiger partial charge in [-0.2, -0.15) is 0 Å². The van der Waals surface area contributed by atoms with E-state index in [0.29, 0.717) is 35.4 Å². The van der Waals surface area contributed by atoms with Gasteiger partial charge in [-0.1, -0.05) is 171 Å². The zero-order valence-corrected chi connectivity index (χ0v) is 38.8. The Kier molecular flexibility index (Phi) is 23.4. The first kappa shape index (κ1) is 49.8. The number of nitrogens with zero attached hydrogens (tertiary/aromatic N) is 3. The number of aromatic hydroxyl groups is 1. The van der Waals surface area contributed by atoms with E-state index in [1.165, 1.54) is 109 Å². The molecule has 8 heteroatoms. The number of ether oxygens (including phenoxy) is 3. The van der Waals surface area contributed by atoms with Gasteiger partial charge >= 0.3 is 0 Å². The minimum Gasteiger partial charge on any atom is -0.507 e. The maximum absolute atomic E-state index is 11.3. The Morgan fingerprint density at radius 1 is 0.508 bits per heavy atom. The molecule has 61 heavy (non-hydrogen) atoms. The summed E-state index contributed by atoms with van der Waals surface area (Å²) in [5.74, 6) is 1.86. The number of phenolic OH excluding ortho intramolecular Hbond substituents is 1. The molecule has 2 N–H and O–H groups in total. The van der Waals surface area contributed by atoms with Crippen LogP contribution in [-0.2, 0) is 9.47 Å². The highest BCUT2D eigenvalue weighted by atomic mass is 16.5. The number of phenols is 1. The van der Waals surface area contributed by atoms with E-state index in [1.54, 1.807) is 18.2 Å². The first-order chi connectivity index (χ1) is 29.7. The molecule has 0 aliphatic rings. The molecule has 0 radical (unpaired) electrons. The smallest absolute Gasteiger partial charge is 0.167 e. The molecule has 0 spiro atoms. The fourth-order valence-corrected chi connectivity index (χ4v) is 7.99. The third-order valence-electron chi connectivity index (χ3n) is 11.7. The average Bonchev–Trinajstić information content (AvgIpc) is 3.24. The highest BCUT2D eigenvalue weighted by Crippen LogP contribution is 2.34. The Labute approximate surface area is 369 Å². The molecule has 0 bridgehead atoms. The van der Waals surface area contributed by atoms with Crippen molar-refractivity contribution in [2.75, 3.05) is 26.4 Å². The van der Waals surface area contributed by atoms with Crippen molar-refractivity contribution in [2.45, 2.75) is 182 Å². The lowest BCUT2D eigenvalue weighted by Gasteiger charge is -2.19. The summed E-state index contributed by atoms with van der Waals surface area (Å²) in [4.78, 5) is 14.6. The second kappa shape index (κ2) is 28.7. The van der Waals surface area contributed by atoms with Crippen molar-refractivity contribution in [3.05, 3.63) is 76.9 Å². The van der Waals surface area contributed by atoms with Gasteiger partial charge in [0.2, 0.25) is 0 Å². The summed E-state index contributed by atoms with van der Waals surface area (Å²) >= 11 is 0. The molecule has 0 amide bonds. The third-order valence-corrected chi connectivity index (χ3v) is 11.7. The molecule has 0 fully saturated rings. The lowest BCUT2D eigenvalue weighted by atomic mass is 10.0. The van der Waals surface area contributed by atoms with Crippen LogP contribution in [0.25, 0.3) is 34.2 Å². The first-order valence-electron chi connectivity index (χ1n) is 23.9. The average molecular weight is 838 g/mol. The predicted molar refractivity (Wildman–Crippen MR) is 252 cm³/mol. The zero-order valence-electron chi connectivity index (χ0n) is 38.8. The van der Waals surface area contributed by atoms with Gasteiger partial charge in [-0.15, -0.1) is 0 Å². The van der Waals surface area contributed by atoms with Crippen LogP contribution in [0.15, 0.2) is 54.6 Å². The summed E-state index contributed by atoms with van der Waals surface area (Å²) in [7, 11) is 0. The van der Waals surface area contributed by atoms with Gasteiger partial charge in [0.1, 0.15) is 24.2 Å². The van der Waals surface area contributed by atoms with E-state index >= 15 is 0 Å². The summed E-state index contributed by atoms with van der Waals surface area (Å²) in [5, 5.41) is 22.0. The van der Waals surface area contributed by atoms with Gasteiger partial charge in [-0.25, -0.2) is 15.0 Å². The Balaban J connectivity index is 1.27.